The average molecular weight is 476 g/mol. The molecule has 0 saturated heterocycles. The summed E-state index contributed by atoms with van der Waals surface area (Å²) < 4.78 is 70.9. The molecule has 0 atom stereocenters. The maximum Gasteiger partial charge on any atom is 0.387 e. The summed E-state index contributed by atoms with van der Waals surface area (Å²) in [4.78, 5) is 31.1. The summed E-state index contributed by atoms with van der Waals surface area (Å²) in [6.07, 6.45) is 0. The minimum atomic E-state index is -4.77. The molecular weight excluding hydrogens is 458 g/mol. The van der Waals surface area contributed by atoms with E-state index in [-0.39, 0.29) is 24.3 Å². The van der Waals surface area contributed by atoms with Crippen LogP contribution in [0.5, 0.6) is 17.5 Å². The van der Waals surface area contributed by atoms with E-state index in [0.717, 1.165) is 12.1 Å². The number of methoxy groups -OCH3 is 2. The summed E-state index contributed by atoms with van der Waals surface area (Å²) in [5.74, 6) is -1.96. The molecule has 2 aromatic rings. The maximum absolute atomic E-state index is 12.7. The Balaban J connectivity index is 2.35. The molecule has 0 unspecified atom stereocenters. The van der Waals surface area contributed by atoms with Gasteiger partial charge in [-0.15, -0.1) is 0 Å². The molecule has 0 aliphatic heterocycles. The van der Waals surface area contributed by atoms with Crippen molar-refractivity contribution in [2.75, 3.05) is 26.1 Å². The van der Waals surface area contributed by atoms with E-state index in [9.17, 15) is 26.8 Å². The molecule has 174 valence electrons. The Morgan fingerprint density at radius 2 is 1.72 bits per heavy atom. The zero-order chi connectivity index (χ0) is 23.9. The number of anilines is 1. The van der Waals surface area contributed by atoms with Gasteiger partial charge in [0.1, 0.15) is 10.6 Å². The van der Waals surface area contributed by atoms with Crippen LogP contribution in [-0.4, -0.2) is 57.8 Å². The molecule has 1 aromatic heterocycles. The van der Waals surface area contributed by atoms with Gasteiger partial charge in [0, 0.05) is 6.07 Å². The predicted octanol–water partition coefficient (Wildman–Crippen LogP) is 1.78. The van der Waals surface area contributed by atoms with Crippen LogP contribution in [0.2, 0.25) is 0 Å². The smallest absolute Gasteiger partial charge is 0.387 e. The number of aromatic nitrogens is 2. The van der Waals surface area contributed by atoms with Crippen LogP contribution in [0.15, 0.2) is 29.2 Å². The fourth-order valence-electron chi connectivity index (χ4n) is 2.25. The topological polar surface area (TPSA) is 155 Å². The number of halogens is 2. The molecule has 12 nitrogen and oxygen atoms in total. The number of esters is 1. The number of nitrogens with one attached hydrogen (secondary N) is 2. The highest BCUT2D eigenvalue weighted by molar-refractivity contribution is 7.90. The molecule has 1 heterocycles. The fraction of sp³-hybridized carbons (Fsp3) is 0.294. The van der Waals surface area contributed by atoms with Crippen LogP contribution in [0.1, 0.15) is 17.3 Å². The van der Waals surface area contributed by atoms with Gasteiger partial charge in [-0.3, -0.25) is 5.32 Å². The molecular formula is C17H18F2N4O8S. The van der Waals surface area contributed by atoms with Crippen LogP contribution in [0, 0.1) is 0 Å². The second-order valence-corrected chi connectivity index (χ2v) is 7.24. The first-order valence-corrected chi connectivity index (χ1v) is 10.1. The highest BCUT2D eigenvalue weighted by Gasteiger charge is 2.27. The van der Waals surface area contributed by atoms with E-state index in [2.05, 4.69) is 20.0 Å². The van der Waals surface area contributed by atoms with E-state index in [0.29, 0.717) is 6.07 Å². The van der Waals surface area contributed by atoms with Gasteiger partial charge in [0.2, 0.25) is 17.7 Å². The van der Waals surface area contributed by atoms with Crippen molar-refractivity contribution in [3.8, 4) is 17.5 Å². The van der Waals surface area contributed by atoms with Crippen molar-refractivity contribution in [2.45, 2.75) is 18.4 Å². The monoisotopic (exact) mass is 476 g/mol. The van der Waals surface area contributed by atoms with Crippen molar-refractivity contribution < 1.29 is 45.7 Å². The molecule has 32 heavy (non-hydrogen) atoms. The summed E-state index contributed by atoms with van der Waals surface area (Å²) in [7, 11) is -2.18. The summed E-state index contributed by atoms with van der Waals surface area (Å²) in [5, 5.41) is 2.06. The molecule has 2 amide bonds. The first-order valence-electron chi connectivity index (χ1n) is 8.66. The summed E-state index contributed by atoms with van der Waals surface area (Å²) >= 11 is 0. The van der Waals surface area contributed by atoms with Crippen molar-refractivity contribution in [3.05, 3.63) is 29.8 Å². The standard InChI is InChI=1S/C17H18F2N4O8S/c1-4-30-14(24)10-6-5-9(31-15(18)19)7-11(10)32(26,27)23-17(25)22-16-20-12(28-2)8-13(21-16)29-3/h5-8,15H,4H2,1-3H3,(H2,20,21,22,23,25). The van der Waals surface area contributed by atoms with Gasteiger partial charge >= 0.3 is 18.6 Å². The van der Waals surface area contributed by atoms with Crippen LogP contribution in [0.25, 0.3) is 0 Å². The predicted molar refractivity (Wildman–Crippen MR) is 104 cm³/mol. The molecule has 0 fully saturated rings. The molecule has 0 saturated carbocycles. The van der Waals surface area contributed by atoms with Crippen molar-refractivity contribution >= 4 is 28.0 Å². The molecule has 0 radical (unpaired) electrons. The van der Waals surface area contributed by atoms with Gasteiger partial charge < -0.3 is 18.9 Å². The van der Waals surface area contributed by atoms with E-state index in [1.54, 1.807) is 4.72 Å². The average Bonchev–Trinajstić information content (AvgIpc) is 2.72. The Kier molecular flexibility index (Phi) is 8.06. The minimum absolute atomic E-state index is 0.0106. The Morgan fingerprint density at radius 3 is 2.25 bits per heavy atom. The number of urea groups is 1. The number of carbonyl (C=O) groups excluding carboxylic acids is 2. The highest BCUT2D eigenvalue weighted by Crippen LogP contribution is 2.25. The number of nitrogens with zero attached hydrogens (tertiary/aromatic N) is 2. The number of ether oxygens (including phenoxy) is 4. The van der Waals surface area contributed by atoms with E-state index >= 15 is 0 Å². The van der Waals surface area contributed by atoms with Gasteiger partial charge in [-0.25, -0.2) is 22.7 Å². The van der Waals surface area contributed by atoms with Crippen LogP contribution in [-0.2, 0) is 14.8 Å². The zero-order valence-corrected chi connectivity index (χ0v) is 17.7. The third-order valence-corrected chi connectivity index (χ3v) is 4.88. The second kappa shape index (κ2) is 10.5. The molecule has 0 aliphatic rings. The number of amides is 2. The number of sulfonamides is 1. The first kappa shape index (κ1) is 24.5. The summed E-state index contributed by atoms with van der Waals surface area (Å²) in [6.45, 7) is -1.86. The highest BCUT2D eigenvalue weighted by atomic mass is 32.2. The van der Waals surface area contributed by atoms with Gasteiger partial charge in [-0.1, -0.05) is 0 Å². The quantitative estimate of drug-likeness (QED) is 0.512. The number of rotatable bonds is 9. The van der Waals surface area contributed by atoms with E-state index in [1.165, 1.54) is 27.2 Å². The van der Waals surface area contributed by atoms with Crippen LogP contribution in [0.4, 0.5) is 19.5 Å². The van der Waals surface area contributed by atoms with Crippen LogP contribution >= 0.6 is 0 Å². The zero-order valence-electron chi connectivity index (χ0n) is 16.9. The van der Waals surface area contributed by atoms with Gasteiger partial charge in [-0.2, -0.15) is 18.7 Å². The van der Waals surface area contributed by atoms with Crippen molar-refractivity contribution in [1.29, 1.82) is 0 Å². The van der Waals surface area contributed by atoms with Gasteiger partial charge in [0.15, 0.2) is 0 Å². The second-order valence-electron chi connectivity index (χ2n) is 5.59. The van der Waals surface area contributed by atoms with E-state index < -0.39 is 44.8 Å². The Labute approximate surface area is 180 Å². The SMILES string of the molecule is CCOC(=O)c1ccc(OC(F)F)cc1S(=O)(=O)NC(=O)Nc1nc(OC)cc(OC)n1. The fourth-order valence-corrected chi connectivity index (χ4v) is 3.37. The Hall–Kier alpha value is -3.75. The largest absolute Gasteiger partial charge is 0.481 e. The lowest BCUT2D eigenvalue weighted by molar-refractivity contribution is -0.0500. The lowest BCUT2D eigenvalue weighted by atomic mass is 10.2. The Morgan fingerprint density at radius 1 is 1.09 bits per heavy atom. The number of hydrogen-bond donors (Lipinski definition) is 2. The number of benzene rings is 1. The molecule has 15 heteroatoms. The van der Waals surface area contributed by atoms with Gasteiger partial charge in [-0.05, 0) is 19.1 Å². The molecule has 0 bridgehead atoms. The Bertz CT molecular complexity index is 1080. The first-order chi connectivity index (χ1) is 15.1. The molecule has 2 rings (SSSR count). The van der Waals surface area contributed by atoms with Crippen molar-refractivity contribution in [3.63, 3.8) is 0 Å². The third-order valence-electron chi connectivity index (χ3n) is 3.51. The van der Waals surface area contributed by atoms with Crippen LogP contribution in [0.3, 0.4) is 0 Å². The lowest BCUT2D eigenvalue weighted by Crippen LogP contribution is -2.35. The normalized spacial score (nSPS) is 10.9. The van der Waals surface area contributed by atoms with Crippen molar-refractivity contribution in [1.82, 2.24) is 14.7 Å². The molecule has 2 N–H and O–H groups in total. The van der Waals surface area contributed by atoms with Gasteiger partial charge in [0.25, 0.3) is 10.0 Å². The molecule has 0 aliphatic carbocycles. The van der Waals surface area contributed by atoms with Crippen LogP contribution < -0.4 is 24.2 Å². The van der Waals surface area contributed by atoms with E-state index in [1.807, 2.05) is 0 Å². The lowest BCUT2D eigenvalue weighted by Gasteiger charge is -2.13. The number of carbonyl (C=O) groups is 2. The molecule has 0 spiro atoms. The number of hydrogen-bond acceptors (Lipinski definition) is 10. The van der Waals surface area contributed by atoms with E-state index in [4.69, 9.17) is 14.2 Å². The summed E-state index contributed by atoms with van der Waals surface area (Å²) in [6, 6.07) is 2.50. The number of alkyl halides is 2. The minimum Gasteiger partial charge on any atom is -0.481 e. The third kappa shape index (κ3) is 6.37. The van der Waals surface area contributed by atoms with Crippen molar-refractivity contribution in [2.24, 2.45) is 0 Å². The summed E-state index contributed by atoms with van der Waals surface area (Å²) in [5.41, 5.74) is -0.506. The maximum atomic E-state index is 12.7. The van der Waals surface area contributed by atoms with Gasteiger partial charge in [0.05, 0.1) is 32.5 Å². The molecule has 1 aromatic carbocycles.